The van der Waals surface area contributed by atoms with Crippen molar-refractivity contribution < 1.29 is 9.59 Å². The maximum Gasteiger partial charge on any atom is 0.262 e. The molecular weight excluding hydrogens is 438 g/mol. The van der Waals surface area contributed by atoms with Gasteiger partial charge >= 0.3 is 0 Å². The van der Waals surface area contributed by atoms with Crippen LogP contribution in [0.4, 0.5) is 5.69 Å². The number of Topliss-reactive ketones (excluding diaryl/α,β-unsaturated/α-hetero) is 1. The van der Waals surface area contributed by atoms with Crippen molar-refractivity contribution in [1.29, 1.82) is 0 Å². The molecule has 0 aliphatic heterocycles. The fourth-order valence-corrected chi connectivity index (χ4v) is 4.27. The molecule has 4 rings (SSSR count). The standard InChI is InChI=1S/C24H25N5O3S/c1-15(2)12-13-28-22(32)19-6-4-5-7-20(19)29-23(28)26-27-24(29)33-14-21(31)25-18-10-8-17(9-11-18)16(3)30/h4-11,15H,12-14H2,1-3H3,(H,25,31). The first-order valence-corrected chi connectivity index (χ1v) is 11.7. The zero-order valence-electron chi connectivity index (χ0n) is 18.7. The van der Waals surface area contributed by atoms with Crippen molar-refractivity contribution in [2.75, 3.05) is 11.1 Å². The normalized spacial score (nSPS) is 11.4. The predicted molar refractivity (Wildman–Crippen MR) is 130 cm³/mol. The minimum Gasteiger partial charge on any atom is -0.325 e. The molecule has 0 aliphatic rings. The molecule has 33 heavy (non-hydrogen) atoms. The minimum atomic E-state index is -0.204. The maximum atomic E-state index is 13.1. The van der Waals surface area contributed by atoms with E-state index in [0.29, 0.717) is 45.6 Å². The number of thioether (sulfide) groups is 1. The minimum absolute atomic E-state index is 0.0267. The molecule has 8 nitrogen and oxygen atoms in total. The number of carbonyl (C=O) groups excluding carboxylic acids is 2. The van der Waals surface area contributed by atoms with E-state index in [1.165, 1.54) is 18.7 Å². The molecule has 2 aromatic carbocycles. The van der Waals surface area contributed by atoms with Crippen molar-refractivity contribution in [3.63, 3.8) is 0 Å². The van der Waals surface area contributed by atoms with Crippen LogP contribution in [0.2, 0.25) is 0 Å². The average Bonchev–Trinajstić information content (AvgIpc) is 3.22. The molecule has 0 spiro atoms. The van der Waals surface area contributed by atoms with E-state index >= 15 is 0 Å². The van der Waals surface area contributed by atoms with Crippen molar-refractivity contribution in [3.8, 4) is 0 Å². The molecule has 1 amide bonds. The zero-order valence-corrected chi connectivity index (χ0v) is 19.6. The second-order valence-corrected chi connectivity index (χ2v) is 9.19. The van der Waals surface area contributed by atoms with Gasteiger partial charge in [0.1, 0.15) is 0 Å². The van der Waals surface area contributed by atoms with Crippen LogP contribution >= 0.6 is 11.8 Å². The second kappa shape index (κ2) is 9.58. The van der Waals surface area contributed by atoms with Crippen LogP contribution in [0.5, 0.6) is 0 Å². The number of aromatic nitrogens is 4. The number of ketones is 1. The molecule has 0 unspecified atom stereocenters. The zero-order chi connectivity index (χ0) is 23.5. The van der Waals surface area contributed by atoms with Gasteiger partial charge in [-0.2, -0.15) is 0 Å². The number of benzene rings is 2. The van der Waals surface area contributed by atoms with Crippen LogP contribution in [-0.4, -0.2) is 36.6 Å². The smallest absolute Gasteiger partial charge is 0.262 e. The number of nitrogens with zero attached hydrogens (tertiary/aromatic N) is 4. The summed E-state index contributed by atoms with van der Waals surface area (Å²) in [6, 6.07) is 14.1. The molecule has 0 radical (unpaired) electrons. The monoisotopic (exact) mass is 463 g/mol. The van der Waals surface area contributed by atoms with Crippen LogP contribution in [0.25, 0.3) is 16.7 Å². The Morgan fingerprint density at radius 3 is 2.48 bits per heavy atom. The Morgan fingerprint density at radius 2 is 1.79 bits per heavy atom. The summed E-state index contributed by atoms with van der Waals surface area (Å²) in [6.45, 7) is 6.27. The highest BCUT2D eigenvalue weighted by atomic mass is 32.2. The summed E-state index contributed by atoms with van der Waals surface area (Å²) in [5, 5.41) is 12.5. The third kappa shape index (κ3) is 4.83. The van der Waals surface area contributed by atoms with Crippen LogP contribution < -0.4 is 10.9 Å². The number of anilines is 1. The van der Waals surface area contributed by atoms with Crippen LogP contribution in [0.1, 0.15) is 37.6 Å². The van der Waals surface area contributed by atoms with E-state index in [-0.39, 0.29) is 23.0 Å². The molecule has 2 aromatic heterocycles. The van der Waals surface area contributed by atoms with Gasteiger partial charge in [0.25, 0.3) is 5.56 Å². The molecule has 0 saturated carbocycles. The lowest BCUT2D eigenvalue weighted by Crippen LogP contribution is -2.24. The van der Waals surface area contributed by atoms with Crippen molar-refractivity contribution in [3.05, 3.63) is 64.4 Å². The van der Waals surface area contributed by atoms with E-state index in [1.54, 1.807) is 34.9 Å². The number of carbonyl (C=O) groups is 2. The van der Waals surface area contributed by atoms with Gasteiger partial charge in [-0.1, -0.05) is 37.7 Å². The molecule has 1 N–H and O–H groups in total. The average molecular weight is 464 g/mol. The summed E-state index contributed by atoms with van der Waals surface area (Å²) in [5.74, 6) is 0.802. The van der Waals surface area contributed by atoms with E-state index in [2.05, 4.69) is 29.4 Å². The molecule has 0 atom stereocenters. The lowest BCUT2D eigenvalue weighted by molar-refractivity contribution is -0.113. The lowest BCUT2D eigenvalue weighted by Gasteiger charge is -2.12. The van der Waals surface area contributed by atoms with Crippen LogP contribution in [0.15, 0.2) is 58.5 Å². The highest BCUT2D eigenvalue weighted by molar-refractivity contribution is 7.99. The maximum absolute atomic E-state index is 13.1. The van der Waals surface area contributed by atoms with Crippen LogP contribution in [-0.2, 0) is 11.3 Å². The summed E-state index contributed by atoms with van der Waals surface area (Å²) < 4.78 is 3.51. The van der Waals surface area contributed by atoms with Gasteiger partial charge in [0.05, 0.1) is 16.7 Å². The number of amides is 1. The molecule has 2 heterocycles. The van der Waals surface area contributed by atoms with E-state index in [4.69, 9.17) is 0 Å². The third-order valence-electron chi connectivity index (χ3n) is 5.32. The topological polar surface area (TPSA) is 98.4 Å². The van der Waals surface area contributed by atoms with Crippen molar-refractivity contribution in [1.82, 2.24) is 19.2 Å². The Morgan fingerprint density at radius 1 is 1.06 bits per heavy atom. The van der Waals surface area contributed by atoms with Gasteiger partial charge in [0.2, 0.25) is 11.7 Å². The number of fused-ring (bicyclic) bond motifs is 3. The lowest BCUT2D eigenvalue weighted by atomic mass is 10.1. The van der Waals surface area contributed by atoms with Gasteiger partial charge in [-0.15, -0.1) is 10.2 Å². The van der Waals surface area contributed by atoms with E-state index in [9.17, 15) is 14.4 Å². The summed E-state index contributed by atoms with van der Waals surface area (Å²) in [4.78, 5) is 37.0. The van der Waals surface area contributed by atoms with Gasteiger partial charge in [-0.25, -0.2) is 0 Å². The molecule has 0 saturated heterocycles. The van der Waals surface area contributed by atoms with Crippen molar-refractivity contribution in [2.45, 2.75) is 38.9 Å². The van der Waals surface area contributed by atoms with Crippen LogP contribution in [0.3, 0.4) is 0 Å². The predicted octanol–water partition coefficient (Wildman–Crippen LogP) is 4.02. The Kier molecular flexibility index (Phi) is 6.60. The highest BCUT2D eigenvalue weighted by Crippen LogP contribution is 2.22. The molecule has 170 valence electrons. The highest BCUT2D eigenvalue weighted by Gasteiger charge is 2.18. The van der Waals surface area contributed by atoms with Crippen molar-refractivity contribution >= 4 is 45.8 Å². The second-order valence-electron chi connectivity index (χ2n) is 8.24. The van der Waals surface area contributed by atoms with E-state index < -0.39 is 0 Å². The Balaban J connectivity index is 1.60. The van der Waals surface area contributed by atoms with Crippen molar-refractivity contribution in [2.24, 2.45) is 5.92 Å². The first-order valence-electron chi connectivity index (χ1n) is 10.8. The largest absolute Gasteiger partial charge is 0.325 e. The SMILES string of the molecule is CC(=O)c1ccc(NC(=O)CSc2nnc3n(CCC(C)C)c(=O)c4ccccc4n23)cc1. The van der Waals surface area contributed by atoms with Crippen LogP contribution in [0, 0.1) is 5.92 Å². The molecule has 0 fully saturated rings. The van der Waals surface area contributed by atoms with Gasteiger partial charge in [-0.05, 0) is 55.7 Å². The molecule has 4 aromatic rings. The summed E-state index contributed by atoms with van der Waals surface area (Å²) in [5.41, 5.74) is 1.83. The Hall–Kier alpha value is -3.46. The van der Waals surface area contributed by atoms with E-state index in [0.717, 1.165) is 6.42 Å². The molecule has 0 aliphatic carbocycles. The number of hydrogen-bond acceptors (Lipinski definition) is 6. The number of aryl methyl sites for hydroxylation is 1. The number of nitrogens with one attached hydrogen (secondary N) is 1. The summed E-state index contributed by atoms with van der Waals surface area (Å²) in [6.07, 6.45) is 0.841. The first-order chi connectivity index (χ1) is 15.8. The van der Waals surface area contributed by atoms with Gasteiger partial charge in [-0.3, -0.25) is 23.4 Å². The molecule has 0 bridgehead atoms. The number of para-hydroxylation sites is 1. The summed E-state index contributed by atoms with van der Waals surface area (Å²) in [7, 11) is 0. The molecular formula is C24H25N5O3S. The van der Waals surface area contributed by atoms with Gasteiger partial charge in [0, 0.05) is 17.8 Å². The fraction of sp³-hybridized carbons (Fsp3) is 0.292. The van der Waals surface area contributed by atoms with Gasteiger partial charge in [0.15, 0.2) is 10.9 Å². The Labute approximate surface area is 195 Å². The number of rotatable bonds is 8. The summed E-state index contributed by atoms with van der Waals surface area (Å²) >= 11 is 1.25. The quantitative estimate of drug-likeness (QED) is 0.313. The third-order valence-corrected chi connectivity index (χ3v) is 6.24. The fourth-order valence-electron chi connectivity index (χ4n) is 3.53. The molecule has 9 heteroatoms. The number of hydrogen-bond donors (Lipinski definition) is 1. The Bertz CT molecular complexity index is 1390. The first kappa shape index (κ1) is 22.7. The van der Waals surface area contributed by atoms with E-state index in [1.807, 2.05) is 22.6 Å². The van der Waals surface area contributed by atoms with Gasteiger partial charge < -0.3 is 5.32 Å².